The molecule has 0 fully saturated rings. The lowest BCUT2D eigenvalue weighted by atomic mass is 10.1. The zero-order valence-electron chi connectivity index (χ0n) is 12.4. The molecule has 0 heterocycles. The third-order valence-electron chi connectivity index (χ3n) is 2.84. The molecule has 8 nitrogen and oxygen atoms in total. The summed E-state index contributed by atoms with van der Waals surface area (Å²) in [7, 11) is -12.5. The maximum absolute atomic E-state index is 13.1. The molecular weight excluding hydrogens is 374 g/mol. The lowest BCUT2D eigenvalue weighted by molar-refractivity contribution is -0.138. The molecule has 1 unspecified atom stereocenters. The molecule has 1 atom stereocenters. The fraction of sp³-hybridized carbons (Fsp3) is 0.417. The van der Waals surface area contributed by atoms with Crippen molar-refractivity contribution in [3.63, 3.8) is 0 Å². The van der Waals surface area contributed by atoms with Crippen LogP contribution in [0.3, 0.4) is 0 Å². The number of alkyl halides is 2. The first-order chi connectivity index (χ1) is 10.8. The number of carbonyl (C=O) groups excluding carboxylic acids is 1. The molecule has 0 aromatic heterocycles. The highest BCUT2D eigenvalue weighted by Gasteiger charge is 2.54. The Labute approximate surface area is 137 Å². The van der Waals surface area contributed by atoms with Crippen LogP contribution in [0.4, 0.5) is 8.78 Å². The SMILES string of the molecule is CCC(C)C(=O)Oc1ccc(OS(=O)(=O)C(F)(F)S(=O)(=O)[O-])cc1. The molecule has 0 saturated heterocycles. The van der Waals surface area contributed by atoms with E-state index in [1.165, 1.54) is 0 Å². The summed E-state index contributed by atoms with van der Waals surface area (Å²) in [6, 6.07) is 3.80. The standard InChI is InChI=1S/C12H14F2O8S2/c1-3-8(2)11(15)21-9-4-6-10(7-5-9)22-24(19,20)12(13,14)23(16,17)18/h4-8H,3H2,1-2H3,(H,16,17,18)/p-1. The summed E-state index contributed by atoms with van der Waals surface area (Å²) in [6.45, 7) is 3.38. The lowest BCUT2D eigenvalue weighted by Crippen LogP contribution is -2.40. The molecule has 0 aliphatic rings. The number of rotatable bonds is 7. The van der Waals surface area contributed by atoms with Gasteiger partial charge in [0.05, 0.1) is 5.92 Å². The fourth-order valence-electron chi connectivity index (χ4n) is 1.25. The van der Waals surface area contributed by atoms with Gasteiger partial charge in [0.25, 0.3) is 0 Å². The fourth-order valence-corrected chi connectivity index (χ4v) is 2.81. The molecule has 136 valence electrons. The Morgan fingerprint density at radius 1 is 1.17 bits per heavy atom. The predicted molar refractivity (Wildman–Crippen MR) is 75.7 cm³/mol. The zero-order chi connectivity index (χ0) is 18.8. The molecule has 0 aliphatic carbocycles. The second-order valence-corrected chi connectivity index (χ2v) is 7.92. The van der Waals surface area contributed by atoms with Crippen LogP contribution in [0.25, 0.3) is 0 Å². The second kappa shape index (κ2) is 6.99. The minimum absolute atomic E-state index is 0.00625. The van der Waals surface area contributed by atoms with Crippen LogP contribution in [0.5, 0.6) is 11.5 Å². The minimum atomic E-state index is -6.48. The Kier molecular flexibility index (Phi) is 5.90. The highest BCUT2D eigenvalue weighted by atomic mass is 32.3. The van der Waals surface area contributed by atoms with E-state index in [-0.39, 0.29) is 11.7 Å². The average Bonchev–Trinajstić information content (AvgIpc) is 2.46. The van der Waals surface area contributed by atoms with Crippen LogP contribution >= 0.6 is 0 Å². The van der Waals surface area contributed by atoms with Gasteiger partial charge in [0.15, 0.2) is 10.1 Å². The van der Waals surface area contributed by atoms with Crippen molar-refractivity contribution < 1.29 is 43.9 Å². The van der Waals surface area contributed by atoms with Crippen molar-refractivity contribution in [3.05, 3.63) is 24.3 Å². The first-order valence-electron chi connectivity index (χ1n) is 6.41. The van der Waals surface area contributed by atoms with Gasteiger partial charge in [-0.05, 0) is 30.7 Å². The van der Waals surface area contributed by atoms with Crippen LogP contribution < -0.4 is 8.92 Å². The van der Waals surface area contributed by atoms with Gasteiger partial charge >= 0.3 is 20.7 Å². The molecule has 1 rings (SSSR count). The van der Waals surface area contributed by atoms with Gasteiger partial charge in [-0.1, -0.05) is 13.8 Å². The number of benzene rings is 1. The van der Waals surface area contributed by atoms with Crippen LogP contribution in [0, 0.1) is 5.92 Å². The van der Waals surface area contributed by atoms with E-state index in [2.05, 4.69) is 4.18 Å². The molecule has 0 amide bonds. The zero-order valence-corrected chi connectivity index (χ0v) is 14.1. The van der Waals surface area contributed by atoms with Crippen molar-refractivity contribution in [2.75, 3.05) is 0 Å². The van der Waals surface area contributed by atoms with Gasteiger partial charge in [-0.3, -0.25) is 4.79 Å². The van der Waals surface area contributed by atoms with Crippen LogP contribution in [-0.4, -0.2) is 31.9 Å². The molecule has 12 heteroatoms. The van der Waals surface area contributed by atoms with Crippen molar-refractivity contribution in [2.45, 2.75) is 24.9 Å². The van der Waals surface area contributed by atoms with E-state index < -0.39 is 36.5 Å². The van der Waals surface area contributed by atoms with Gasteiger partial charge in [0.1, 0.15) is 11.5 Å². The highest BCUT2D eigenvalue weighted by molar-refractivity contribution is 8.05. The number of hydrogen-bond acceptors (Lipinski definition) is 8. The maximum atomic E-state index is 13.1. The molecule has 24 heavy (non-hydrogen) atoms. The van der Waals surface area contributed by atoms with E-state index in [1.807, 2.05) is 0 Å². The molecular formula is C12H13F2O8S2-. The Hall–Kier alpha value is -1.79. The normalized spacial score (nSPS) is 14.0. The third-order valence-corrected chi connectivity index (χ3v) is 5.65. The van der Waals surface area contributed by atoms with Crippen LogP contribution in [-0.2, 0) is 25.0 Å². The second-order valence-electron chi connectivity index (χ2n) is 4.66. The summed E-state index contributed by atoms with van der Waals surface area (Å²) in [6.07, 6.45) is 0.525. The van der Waals surface area contributed by atoms with Gasteiger partial charge in [0, 0.05) is 0 Å². The van der Waals surface area contributed by atoms with Gasteiger partial charge in [-0.2, -0.15) is 17.2 Å². The number of hydrogen-bond donors (Lipinski definition) is 0. The monoisotopic (exact) mass is 387 g/mol. The van der Waals surface area contributed by atoms with E-state index in [0.717, 1.165) is 24.3 Å². The van der Waals surface area contributed by atoms with Crippen molar-refractivity contribution in [1.82, 2.24) is 0 Å². The highest BCUT2D eigenvalue weighted by Crippen LogP contribution is 2.31. The molecule has 0 saturated carbocycles. The Balaban J connectivity index is 2.94. The Bertz CT molecular complexity index is 800. The van der Waals surface area contributed by atoms with E-state index in [0.29, 0.717) is 6.42 Å². The summed E-state index contributed by atoms with van der Waals surface area (Å²) >= 11 is 0. The van der Waals surface area contributed by atoms with Gasteiger partial charge < -0.3 is 13.5 Å². The number of esters is 1. The molecule has 1 aromatic rings. The van der Waals surface area contributed by atoms with Gasteiger partial charge in [-0.25, -0.2) is 8.42 Å². The van der Waals surface area contributed by atoms with Crippen LogP contribution in [0.2, 0.25) is 0 Å². The van der Waals surface area contributed by atoms with Crippen molar-refractivity contribution in [1.29, 1.82) is 0 Å². The molecule has 0 bridgehead atoms. The summed E-state index contributed by atoms with van der Waals surface area (Å²) in [5, 5.41) is 0. The van der Waals surface area contributed by atoms with Crippen molar-refractivity contribution in [2.24, 2.45) is 5.92 Å². The van der Waals surface area contributed by atoms with E-state index in [4.69, 9.17) is 4.74 Å². The first kappa shape index (κ1) is 20.3. The summed E-state index contributed by atoms with van der Waals surface area (Å²) in [4.78, 5) is 11.5. The van der Waals surface area contributed by atoms with E-state index in [1.54, 1.807) is 13.8 Å². The largest absolute Gasteiger partial charge is 0.742 e. The Morgan fingerprint density at radius 2 is 1.62 bits per heavy atom. The third kappa shape index (κ3) is 4.39. The summed E-state index contributed by atoms with van der Waals surface area (Å²) in [5.41, 5.74) is 0. The number of halogens is 2. The quantitative estimate of drug-likeness (QED) is 0.298. The lowest BCUT2D eigenvalue weighted by Gasteiger charge is -2.19. The van der Waals surface area contributed by atoms with Crippen molar-refractivity contribution in [3.8, 4) is 11.5 Å². The molecule has 0 radical (unpaired) electrons. The molecule has 0 spiro atoms. The van der Waals surface area contributed by atoms with Crippen LogP contribution in [0.15, 0.2) is 24.3 Å². The molecule has 1 aromatic carbocycles. The summed E-state index contributed by atoms with van der Waals surface area (Å²) in [5.74, 6) is -1.64. The topological polar surface area (TPSA) is 127 Å². The maximum Gasteiger partial charge on any atom is 0.470 e. The summed E-state index contributed by atoms with van der Waals surface area (Å²) < 4.78 is 82.8. The average molecular weight is 387 g/mol. The Morgan fingerprint density at radius 3 is 2.04 bits per heavy atom. The van der Waals surface area contributed by atoms with E-state index in [9.17, 15) is 35.0 Å². The van der Waals surface area contributed by atoms with Crippen LogP contribution in [0.1, 0.15) is 20.3 Å². The van der Waals surface area contributed by atoms with Gasteiger partial charge in [0.2, 0.25) is 0 Å². The number of carbonyl (C=O) groups is 1. The molecule has 0 aliphatic heterocycles. The van der Waals surface area contributed by atoms with E-state index >= 15 is 0 Å². The minimum Gasteiger partial charge on any atom is -0.742 e. The van der Waals surface area contributed by atoms with Crippen molar-refractivity contribution >= 4 is 26.2 Å². The first-order valence-corrected chi connectivity index (χ1v) is 9.22. The number of ether oxygens (including phenoxy) is 1. The molecule has 0 N–H and O–H groups in total. The van der Waals surface area contributed by atoms with Gasteiger partial charge in [-0.15, -0.1) is 0 Å². The predicted octanol–water partition coefficient (Wildman–Crippen LogP) is 1.44. The smallest absolute Gasteiger partial charge is 0.470 e.